The minimum Gasteiger partial charge on any atom is -0.335 e. The summed E-state index contributed by atoms with van der Waals surface area (Å²) in [6.07, 6.45) is 11.7. The van der Waals surface area contributed by atoms with Crippen LogP contribution in [0.2, 0.25) is 5.82 Å². The minimum atomic E-state index is 0.343. The Morgan fingerprint density at radius 1 is 0.846 bits per heavy atom. The highest BCUT2D eigenvalue weighted by Crippen LogP contribution is 2.59. The van der Waals surface area contributed by atoms with Gasteiger partial charge in [0.05, 0.1) is 0 Å². The molecule has 3 atom stereocenters. The summed E-state index contributed by atoms with van der Waals surface area (Å²) < 4.78 is 0. The van der Waals surface area contributed by atoms with Crippen LogP contribution in [0.5, 0.6) is 0 Å². The molecule has 0 aromatic heterocycles. The molecule has 3 unspecified atom stereocenters. The quantitative estimate of drug-likeness (QED) is 0.591. The highest BCUT2D eigenvalue weighted by molar-refractivity contribution is 6.60. The predicted octanol–water partition coefficient (Wildman–Crippen LogP) is 5.62. The van der Waals surface area contributed by atoms with Crippen molar-refractivity contribution in [2.24, 2.45) is 11.3 Å². The van der Waals surface area contributed by atoms with Gasteiger partial charge in [0.2, 0.25) is 6.85 Å². The topological polar surface area (TPSA) is 6.48 Å². The van der Waals surface area contributed by atoms with E-state index >= 15 is 0 Å². The lowest BCUT2D eigenvalue weighted by Gasteiger charge is -2.54. The normalized spacial score (nSPS) is 43.5. The Balaban J connectivity index is 1.93. The third-order valence-electron chi connectivity index (χ3n) is 9.49. The van der Waals surface area contributed by atoms with Gasteiger partial charge < -0.3 is 4.81 Å². The summed E-state index contributed by atoms with van der Waals surface area (Å²) in [6.45, 7) is 18.6. The Hall–Kier alpha value is -0.0151. The summed E-state index contributed by atoms with van der Waals surface area (Å²) >= 11 is 0. The lowest BCUT2D eigenvalue weighted by atomic mass is 9.41. The van der Waals surface area contributed by atoms with Gasteiger partial charge in [-0.15, -0.1) is 0 Å². The van der Waals surface area contributed by atoms with Crippen molar-refractivity contribution < 1.29 is 0 Å². The van der Waals surface area contributed by atoms with E-state index in [1.807, 2.05) is 0 Å². The first-order valence-electron chi connectivity index (χ1n) is 11.8. The first-order chi connectivity index (χ1) is 12.2. The molecule has 3 heterocycles. The number of fused-ring (bicyclic) bond motifs is 2. The van der Waals surface area contributed by atoms with Crippen LogP contribution in [0.25, 0.3) is 0 Å². The van der Waals surface area contributed by atoms with Gasteiger partial charge in [0.15, 0.2) is 0 Å². The first-order valence-corrected chi connectivity index (χ1v) is 11.8. The van der Waals surface area contributed by atoms with Crippen LogP contribution in [0.15, 0.2) is 0 Å². The molecule has 0 amide bonds. The average Bonchev–Trinajstić information content (AvgIpc) is 2.66. The van der Waals surface area contributed by atoms with Crippen LogP contribution in [-0.2, 0) is 0 Å². The lowest BCUT2D eigenvalue weighted by molar-refractivity contribution is -0.0330. The maximum Gasteiger partial charge on any atom is 0.245 e. The fourth-order valence-electron chi connectivity index (χ4n) is 8.22. The second kappa shape index (κ2) is 6.51. The zero-order chi connectivity index (χ0) is 18.9. The fourth-order valence-corrected chi connectivity index (χ4v) is 8.22. The summed E-state index contributed by atoms with van der Waals surface area (Å²) in [5.41, 5.74) is 0.706. The molecule has 4 aliphatic rings. The van der Waals surface area contributed by atoms with Gasteiger partial charge in [-0.05, 0) is 69.6 Å². The molecule has 4 rings (SSSR count). The lowest BCUT2D eigenvalue weighted by Crippen LogP contribution is -2.65. The van der Waals surface area contributed by atoms with Crippen molar-refractivity contribution in [3.05, 3.63) is 0 Å². The monoisotopic (exact) mass is 358 g/mol. The zero-order valence-corrected chi connectivity index (χ0v) is 18.6. The molecule has 3 saturated heterocycles. The van der Waals surface area contributed by atoms with Gasteiger partial charge in [-0.2, -0.15) is 0 Å². The average molecular weight is 358 g/mol. The predicted molar refractivity (Wildman–Crippen MR) is 114 cm³/mol. The SMILES string of the molecule is CC(C)N1B2C3CCCC(CCC3)C2N(C(C)C)C2(C)CCC1C2(C)C. The van der Waals surface area contributed by atoms with Crippen LogP contribution in [0, 0.1) is 11.3 Å². The number of rotatable bonds is 2. The van der Waals surface area contributed by atoms with E-state index < -0.39 is 0 Å². The van der Waals surface area contributed by atoms with E-state index in [0.29, 0.717) is 23.0 Å². The Labute approximate surface area is 163 Å². The molecular formula is C23H43BN2. The van der Waals surface area contributed by atoms with Crippen LogP contribution in [-0.4, -0.2) is 46.2 Å². The molecule has 0 aromatic rings. The molecule has 4 fully saturated rings. The smallest absolute Gasteiger partial charge is 0.245 e. The molecule has 3 aliphatic heterocycles. The molecule has 148 valence electrons. The number of hydrogen-bond acceptors (Lipinski definition) is 2. The van der Waals surface area contributed by atoms with E-state index in [1.54, 1.807) is 0 Å². The maximum atomic E-state index is 3.09. The van der Waals surface area contributed by atoms with E-state index in [0.717, 1.165) is 30.6 Å². The van der Waals surface area contributed by atoms with Crippen LogP contribution in [0.1, 0.15) is 99.8 Å². The van der Waals surface area contributed by atoms with Gasteiger partial charge in [-0.1, -0.05) is 53.4 Å². The second-order valence-corrected chi connectivity index (χ2v) is 11.5. The van der Waals surface area contributed by atoms with Crippen molar-refractivity contribution in [3.63, 3.8) is 0 Å². The van der Waals surface area contributed by atoms with Gasteiger partial charge in [0, 0.05) is 23.6 Å². The Morgan fingerprint density at radius 2 is 1.46 bits per heavy atom. The van der Waals surface area contributed by atoms with Crippen LogP contribution >= 0.6 is 0 Å². The summed E-state index contributed by atoms with van der Waals surface area (Å²) in [6, 6.07) is 2.07. The van der Waals surface area contributed by atoms with Crippen molar-refractivity contribution in [1.29, 1.82) is 0 Å². The molecule has 1 saturated carbocycles. The number of hydrogen-bond donors (Lipinski definition) is 0. The maximum absolute atomic E-state index is 3.09. The summed E-state index contributed by atoms with van der Waals surface area (Å²) in [7, 11) is 0. The van der Waals surface area contributed by atoms with Crippen molar-refractivity contribution in [3.8, 4) is 0 Å². The van der Waals surface area contributed by atoms with Gasteiger partial charge in [-0.3, -0.25) is 4.90 Å². The van der Waals surface area contributed by atoms with E-state index in [1.165, 1.54) is 51.4 Å². The summed E-state index contributed by atoms with van der Waals surface area (Å²) in [5, 5.41) is 0. The first kappa shape index (κ1) is 19.3. The third-order valence-corrected chi connectivity index (χ3v) is 9.49. The minimum absolute atomic E-state index is 0.343. The second-order valence-electron chi connectivity index (χ2n) is 11.5. The molecule has 3 heteroatoms. The molecule has 0 radical (unpaired) electrons. The van der Waals surface area contributed by atoms with Crippen molar-refractivity contribution in [1.82, 2.24) is 9.71 Å². The molecule has 26 heavy (non-hydrogen) atoms. The molecular weight excluding hydrogens is 315 g/mol. The summed E-state index contributed by atoms with van der Waals surface area (Å²) in [5.74, 6) is 2.62. The van der Waals surface area contributed by atoms with Crippen molar-refractivity contribution in [2.45, 2.75) is 135 Å². The highest BCUT2D eigenvalue weighted by Gasteiger charge is 2.65. The largest absolute Gasteiger partial charge is 0.335 e. The van der Waals surface area contributed by atoms with Crippen LogP contribution < -0.4 is 0 Å². The van der Waals surface area contributed by atoms with Crippen LogP contribution in [0.3, 0.4) is 0 Å². The van der Waals surface area contributed by atoms with Gasteiger partial charge in [-0.25, -0.2) is 0 Å². The Morgan fingerprint density at radius 3 is 2.00 bits per heavy atom. The highest BCUT2D eigenvalue weighted by atomic mass is 15.3. The molecule has 0 aromatic carbocycles. The summed E-state index contributed by atoms with van der Waals surface area (Å²) in [4.78, 5) is 6.17. The van der Waals surface area contributed by atoms with Crippen LogP contribution in [0.4, 0.5) is 0 Å². The number of nitrogens with zero attached hydrogens (tertiary/aromatic N) is 2. The van der Waals surface area contributed by atoms with Crippen molar-refractivity contribution in [2.75, 3.05) is 0 Å². The molecule has 0 N–H and O–H groups in total. The zero-order valence-electron chi connectivity index (χ0n) is 18.6. The van der Waals surface area contributed by atoms with E-state index in [-0.39, 0.29) is 0 Å². The standard InChI is InChI=1S/C23H43BN2/c1-16(2)25-21-18-10-8-12-19(13-9-11-18)24(21)26(17(3)4)20-14-15-23(25,7)22(20,5)6/h16-21H,8-15H2,1-7H3. The molecule has 0 spiro atoms. The molecule has 1 aliphatic carbocycles. The molecule has 2 nitrogen and oxygen atoms in total. The van der Waals surface area contributed by atoms with E-state index in [4.69, 9.17) is 0 Å². The van der Waals surface area contributed by atoms with Gasteiger partial charge in [0.25, 0.3) is 0 Å². The Kier molecular flexibility index (Phi) is 4.84. The molecule has 4 bridgehead atoms. The van der Waals surface area contributed by atoms with E-state index in [2.05, 4.69) is 58.2 Å². The van der Waals surface area contributed by atoms with Gasteiger partial charge >= 0.3 is 0 Å². The third kappa shape index (κ3) is 2.51. The Bertz CT molecular complexity index is 520. The van der Waals surface area contributed by atoms with Gasteiger partial charge in [0.1, 0.15) is 0 Å². The fraction of sp³-hybridized carbons (Fsp3) is 1.00. The van der Waals surface area contributed by atoms with Crippen molar-refractivity contribution >= 4 is 6.85 Å². The van der Waals surface area contributed by atoms with E-state index in [9.17, 15) is 0 Å².